The second kappa shape index (κ2) is 13.0. The van der Waals surface area contributed by atoms with Crippen molar-refractivity contribution in [2.45, 2.75) is 43.5 Å². The van der Waals surface area contributed by atoms with Crippen LogP contribution in [0.5, 0.6) is 11.6 Å². The first-order valence-electron chi connectivity index (χ1n) is 13.7. The number of hydrogen-bond acceptors (Lipinski definition) is 8. The number of pyridine rings is 1. The minimum atomic E-state index is -4.26. The van der Waals surface area contributed by atoms with E-state index in [4.69, 9.17) is 4.74 Å². The Labute approximate surface area is 248 Å². The van der Waals surface area contributed by atoms with E-state index in [-0.39, 0.29) is 11.9 Å². The van der Waals surface area contributed by atoms with Gasteiger partial charge in [-0.15, -0.1) is 0 Å². The standard InChI is InChI=1S/C30H31F3N6O3S/c1-39(2)21-12-10-20(11-13-21)36-30-35-16-14-24(37-30)22-9-6-15-34-29(22)42-25-17-23(31)28(27(33)26(25)32)38-43(40,41)18-19-7-4-3-5-8-19/h3-9,14-17,20-21,38H,10-13,18H2,1-2H3,(H,35,36,37)/t20-,21-. The zero-order valence-corrected chi connectivity index (χ0v) is 24.4. The summed E-state index contributed by atoms with van der Waals surface area (Å²) in [6.07, 6.45) is 6.97. The molecule has 9 nitrogen and oxygen atoms in total. The number of halogens is 3. The SMILES string of the molecule is CN(C)[C@H]1CC[C@H](Nc2nccc(-c3cccnc3Oc3cc(F)c(NS(=O)(=O)Cc4ccccc4)c(F)c3F)n2)CC1. The van der Waals surface area contributed by atoms with E-state index in [1.54, 1.807) is 59.4 Å². The molecule has 0 spiro atoms. The van der Waals surface area contributed by atoms with Crippen molar-refractivity contribution in [3.05, 3.63) is 90.0 Å². The highest BCUT2D eigenvalue weighted by Gasteiger charge is 2.26. The molecule has 0 saturated heterocycles. The number of aromatic nitrogens is 3. The minimum absolute atomic E-state index is 0.159. The van der Waals surface area contributed by atoms with Gasteiger partial charge in [0.15, 0.2) is 17.4 Å². The summed E-state index contributed by atoms with van der Waals surface area (Å²) in [5.41, 5.74) is -0.0294. The Morgan fingerprint density at radius 2 is 1.67 bits per heavy atom. The number of nitrogens with zero attached hydrogens (tertiary/aromatic N) is 4. The molecule has 0 aliphatic heterocycles. The van der Waals surface area contributed by atoms with Crippen LogP contribution in [0.1, 0.15) is 31.2 Å². The number of anilines is 2. The normalized spacial score (nSPS) is 17.1. The molecule has 1 aliphatic rings. The molecule has 2 aromatic heterocycles. The summed E-state index contributed by atoms with van der Waals surface area (Å²) in [5.74, 6) is -5.83. The fourth-order valence-electron chi connectivity index (χ4n) is 5.00. The molecule has 0 unspecified atom stereocenters. The number of sulfonamides is 1. The van der Waals surface area contributed by atoms with Gasteiger partial charge in [-0.3, -0.25) is 4.72 Å². The van der Waals surface area contributed by atoms with Gasteiger partial charge in [-0.1, -0.05) is 30.3 Å². The molecule has 0 bridgehead atoms. The first kappa shape index (κ1) is 30.2. The molecule has 2 N–H and O–H groups in total. The van der Waals surface area contributed by atoms with Gasteiger partial charge in [-0.25, -0.2) is 32.2 Å². The summed E-state index contributed by atoms with van der Waals surface area (Å²) in [4.78, 5) is 15.2. The van der Waals surface area contributed by atoms with E-state index in [1.807, 2.05) is 0 Å². The molecule has 0 amide bonds. The average Bonchev–Trinajstić information content (AvgIpc) is 2.99. The quantitative estimate of drug-likeness (QED) is 0.211. The third-order valence-electron chi connectivity index (χ3n) is 7.25. The fraction of sp³-hybridized carbons (Fsp3) is 0.300. The predicted molar refractivity (Wildman–Crippen MR) is 158 cm³/mol. The van der Waals surface area contributed by atoms with Gasteiger partial charge in [-0.2, -0.15) is 4.39 Å². The summed E-state index contributed by atoms with van der Waals surface area (Å²) >= 11 is 0. The average molecular weight is 613 g/mol. The Kier molecular flexibility index (Phi) is 9.11. The lowest BCUT2D eigenvalue weighted by atomic mass is 9.91. The molecule has 0 radical (unpaired) electrons. The highest BCUT2D eigenvalue weighted by molar-refractivity contribution is 7.91. The number of nitrogens with one attached hydrogen (secondary N) is 2. The molecule has 226 valence electrons. The van der Waals surface area contributed by atoms with Crippen LogP contribution in [0.2, 0.25) is 0 Å². The Bertz CT molecular complexity index is 1680. The molecule has 2 aromatic carbocycles. The summed E-state index contributed by atoms with van der Waals surface area (Å²) in [5, 5.41) is 3.37. The third kappa shape index (κ3) is 7.41. The van der Waals surface area contributed by atoms with Crippen LogP contribution >= 0.6 is 0 Å². The number of benzene rings is 2. The summed E-state index contributed by atoms with van der Waals surface area (Å²) < 4.78 is 77.4. The van der Waals surface area contributed by atoms with Crippen molar-refractivity contribution < 1.29 is 26.3 Å². The lowest BCUT2D eigenvalue weighted by molar-refractivity contribution is 0.221. The number of rotatable bonds is 10. The van der Waals surface area contributed by atoms with E-state index < -0.39 is 44.7 Å². The molecule has 2 heterocycles. The predicted octanol–water partition coefficient (Wildman–Crippen LogP) is 5.97. The van der Waals surface area contributed by atoms with Gasteiger partial charge in [0.25, 0.3) is 0 Å². The molecule has 1 saturated carbocycles. The van der Waals surface area contributed by atoms with Gasteiger partial charge in [0.2, 0.25) is 27.7 Å². The van der Waals surface area contributed by atoms with Crippen molar-refractivity contribution in [3.8, 4) is 22.9 Å². The van der Waals surface area contributed by atoms with Crippen molar-refractivity contribution >= 4 is 21.7 Å². The first-order valence-corrected chi connectivity index (χ1v) is 15.4. The van der Waals surface area contributed by atoms with Crippen molar-refractivity contribution in [1.29, 1.82) is 0 Å². The second-order valence-corrected chi connectivity index (χ2v) is 12.3. The lowest BCUT2D eigenvalue weighted by Gasteiger charge is -2.32. The molecule has 1 fully saturated rings. The molecule has 0 atom stereocenters. The van der Waals surface area contributed by atoms with Crippen molar-refractivity contribution in [2.75, 3.05) is 24.1 Å². The lowest BCUT2D eigenvalue weighted by Crippen LogP contribution is -2.36. The Morgan fingerprint density at radius 1 is 0.930 bits per heavy atom. The molecule has 5 rings (SSSR count). The van der Waals surface area contributed by atoms with Gasteiger partial charge < -0.3 is 15.0 Å². The van der Waals surface area contributed by atoms with Crippen LogP contribution in [0, 0.1) is 17.5 Å². The van der Waals surface area contributed by atoms with Crippen LogP contribution in [0.15, 0.2) is 67.0 Å². The Balaban J connectivity index is 1.34. The molecule has 43 heavy (non-hydrogen) atoms. The maximum absolute atomic E-state index is 15.1. The van der Waals surface area contributed by atoms with Crippen LogP contribution < -0.4 is 14.8 Å². The van der Waals surface area contributed by atoms with Gasteiger partial charge in [-0.05, 0) is 63.5 Å². The second-order valence-electron chi connectivity index (χ2n) is 10.5. The van der Waals surface area contributed by atoms with Crippen molar-refractivity contribution in [1.82, 2.24) is 19.9 Å². The van der Waals surface area contributed by atoms with E-state index in [0.29, 0.717) is 34.9 Å². The van der Waals surface area contributed by atoms with Gasteiger partial charge >= 0.3 is 0 Å². The fourth-order valence-corrected chi connectivity index (χ4v) is 6.20. The third-order valence-corrected chi connectivity index (χ3v) is 8.48. The van der Waals surface area contributed by atoms with Crippen LogP contribution in [0.3, 0.4) is 0 Å². The highest BCUT2D eigenvalue weighted by atomic mass is 32.2. The molecular weight excluding hydrogens is 581 g/mol. The maximum Gasteiger partial charge on any atom is 0.237 e. The van der Waals surface area contributed by atoms with Gasteiger partial charge in [0.05, 0.1) is 17.0 Å². The topological polar surface area (TPSA) is 109 Å². The largest absolute Gasteiger partial charge is 0.435 e. The van der Waals surface area contributed by atoms with Crippen LogP contribution in [-0.2, 0) is 15.8 Å². The monoisotopic (exact) mass is 612 g/mol. The summed E-state index contributed by atoms with van der Waals surface area (Å²) in [6, 6.07) is 14.2. The smallest absolute Gasteiger partial charge is 0.237 e. The van der Waals surface area contributed by atoms with Crippen molar-refractivity contribution in [2.24, 2.45) is 0 Å². The van der Waals surface area contributed by atoms with E-state index >= 15 is 4.39 Å². The van der Waals surface area contributed by atoms with E-state index in [1.165, 1.54) is 6.20 Å². The number of hydrogen-bond donors (Lipinski definition) is 2. The molecule has 13 heteroatoms. The summed E-state index contributed by atoms with van der Waals surface area (Å²) in [7, 11) is -0.0987. The zero-order valence-electron chi connectivity index (χ0n) is 23.6. The Hall–Kier alpha value is -4.23. The minimum Gasteiger partial charge on any atom is -0.435 e. The van der Waals surface area contributed by atoms with Crippen LogP contribution in [0.25, 0.3) is 11.3 Å². The molecule has 1 aliphatic carbocycles. The highest BCUT2D eigenvalue weighted by Crippen LogP contribution is 2.36. The Morgan fingerprint density at radius 3 is 2.40 bits per heavy atom. The van der Waals surface area contributed by atoms with E-state index in [0.717, 1.165) is 25.7 Å². The van der Waals surface area contributed by atoms with E-state index in [9.17, 15) is 17.2 Å². The summed E-state index contributed by atoms with van der Waals surface area (Å²) in [6.45, 7) is 0. The molecular formula is C30H31F3N6O3S. The zero-order chi connectivity index (χ0) is 30.6. The van der Waals surface area contributed by atoms with Crippen molar-refractivity contribution in [3.63, 3.8) is 0 Å². The van der Waals surface area contributed by atoms with Gasteiger partial charge in [0, 0.05) is 30.5 Å². The number of ether oxygens (including phenoxy) is 1. The maximum atomic E-state index is 15.1. The van der Waals surface area contributed by atoms with E-state index in [2.05, 4.69) is 39.3 Å². The first-order chi connectivity index (χ1) is 20.6. The van der Waals surface area contributed by atoms with Gasteiger partial charge in [0.1, 0.15) is 5.69 Å². The van der Waals surface area contributed by atoms with Crippen LogP contribution in [0.4, 0.5) is 24.8 Å². The molecule has 4 aromatic rings. The van der Waals surface area contributed by atoms with Crippen LogP contribution in [-0.4, -0.2) is 54.4 Å².